The molecule has 0 aliphatic carbocycles. The van der Waals surface area contributed by atoms with E-state index in [4.69, 9.17) is 4.42 Å². The van der Waals surface area contributed by atoms with Gasteiger partial charge in [0.1, 0.15) is 22.7 Å². The fourth-order valence-corrected chi connectivity index (χ4v) is 3.77. The van der Waals surface area contributed by atoms with Gasteiger partial charge in [-0.3, -0.25) is 4.79 Å². The highest BCUT2D eigenvalue weighted by atomic mass is 32.1. The molecule has 0 unspecified atom stereocenters. The first-order valence-corrected chi connectivity index (χ1v) is 8.62. The minimum Gasteiger partial charge on any atom is -0.460 e. The molecule has 0 amide bonds. The molecule has 3 aromatic heterocycles. The third kappa shape index (κ3) is 2.81. The van der Waals surface area contributed by atoms with Crippen LogP contribution in [0.2, 0.25) is 0 Å². The number of hydrogen-bond donors (Lipinski definition) is 0. The van der Waals surface area contributed by atoms with Crippen LogP contribution in [0.1, 0.15) is 16.4 Å². The number of nitrogens with zero attached hydrogens (tertiary/aromatic N) is 3. The molecule has 0 N–H and O–H groups in total. The quantitative estimate of drug-likeness (QED) is 0.520. The van der Waals surface area contributed by atoms with E-state index in [2.05, 4.69) is 10.1 Å². The first-order chi connectivity index (χ1) is 12.1. The predicted molar refractivity (Wildman–Crippen MR) is 100 cm³/mol. The average molecular weight is 349 g/mol. The van der Waals surface area contributed by atoms with Crippen molar-refractivity contribution in [1.82, 2.24) is 9.66 Å². The number of aromatic nitrogens is 2. The van der Waals surface area contributed by atoms with E-state index in [9.17, 15) is 4.79 Å². The van der Waals surface area contributed by atoms with E-state index in [-0.39, 0.29) is 5.56 Å². The van der Waals surface area contributed by atoms with Gasteiger partial charge < -0.3 is 4.42 Å². The Morgan fingerprint density at radius 1 is 1.16 bits per heavy atom. The lowest BCUT2D eigenvalue weighted by atomic mass is 10.0. The van der Waals surface area contributed by atoms with E-state index in [0.29, 0.717) is 11.1 Å². The van der Waals surface area contributed by atoms with Crippen LogP contribution in [0.4, 0.5) is 0 Å². The highest BCUT2D eigenvalue weighted by Gasteiger charge is 2.16. The van der Waals surface area contributed by atoms with Crippen molar-refractivity contribution in [3.8, 4) is 11.1 Å². The minimum absolute atomic E-state index is 0.187. The zero-order chi connectivity index (χ0) is 17.4. The second kappa shape index (κ2) is 6.14. The Bertz CT molecular complexity index is 1140. The highest BCUT2D eigenvalue weighted by molar-refractivity contribution is 7.19. The van der Waals surface area contributed by atoms with Gasteiger partial charge in [-0.1, -0.05) is 30.3 Å². The molecule has 0 saturated heterocycles. The summed E-state index contributed by atoms with van der Waals surface area (Å²) in [5.41, 5.74) is 1.75. The number of hydrogen-bond acceptors (Lipinski definition) is 5. The molecule has 0 bridgehead atoms. The van der Waals surface area contributed by atoms with Crippen LogP contribution in [0.3, 0.4) is 0 Å². The molecule has 3 heterocycles. The van der Waals surface area contributed by atoms with Crippen LogP contribution in [-0.2, 0) is 0 Å². The molecule has 25 heavy (non-hydrogen) atoms. The van der Waals surface area contributed by atoms with Crippen molar-refractivity contribution in [2.24, 2.45) is 5.10 Å². The molecule has 0 aliphatic heterocycles. The monoisotopic (exact) mass is 349 g/mol. The molecule has 0 radical (unpaired) electrons. The van der Waals surface area contributed by atoms with Crippen molar-refractivity contribution in [2.45, 2.75) is 13.8 Å². The van der Waals surface area contributed by atoms with Crippen molar-refractivity contribution < 1.29 is 4.42 Å². The fraction of sp³-hybridized carbons (Fsp3) is 0.105. The molecule has 0 spiro atoms. The summed E-state index contributed by atoms with van der Waals surface area (Å²) < 4.78 is 6.70. The SMILES string of the molecule is Cc1ccc(/C=N/n2cnc3sc(C)c(-c4ccccc4)c3c2=O)o1. The number of benzene rings is 1. The van der Waals surface area contributed by atoms with Gasteiger partial charge in [-0.15, -0.1) is 11.3 Å². The van der Waals surface area contributed by atoms with Crippen LogP contribution in [-0.4, -0.2) is 15.9 Å². The van der Waals surface area contributed by atoms with Crippen molar-refractivity contribution in [3.63, 3.8) is 0 Å². The molecule has 0 saturated carbocycles. The molecule has 4 aromatic rings. The second-order valence-corrected chi connectivity index (χ2v) is 6.87. The number of furan rings is 1. The van der Waals surface area contributed by atoms with Crippen LogP contribution in [0.25, 0.3) is 21.3 Å². The Balaban J connectivity index is 1.87. The maximum Gasteiger partial charge on any atom is 0.283 e. The molecular formula is C19H15N3O2S. The maximum atomic E-state index is 12.9. The molecule has 5 nitrogen and oxygen atoms in total. The molecule has 124 valence electrons. The van der Waals surface area contributed by atoms with Crippen LogP contribution in [0.5, 0.6) is 0 Å². The van der Waals surface area contributed by atoms with E-state index >= 15 is 0 Å². The van der Waals surface area contributed by atoms with Crippen LogP contribution in [0, 0.1) is 13.8 Å². The Morgan fingerprint density at radius 2 is 1.96 bits per heavy atom. The summed E-state index contributed by atoms with van der Waals surface area (Å²) in [6, 6.07) is 13.5. The molecule has 6 heteroatoms. The normalized spacial score (nSPS) is 11.6. The lowest BCUT2D eigenvalue weighted by molar-refractivity contribution is 0.527. The summed E-state index contributed by atoms with van der Waals surface area (Å²) >= 11 is 1.52. The molecule has 0 aliphatic rings. The van der Waals surface area contributed by atoms with Crippen molar-refractivity contribution in [1.29, 1.82) is 0 Å². The van der Waals surface area contributed by atoms with Gasteiger partial charge in [0.05, 0.1) is 11.6 Å². The first kappa shape index (κ1) is 15.5. The summed E-state index contributed by atoms with van der Waals surface area (Å²) in [6.07, 6.45) is 2.96. The standard InChI is InChI=1S/C19H15N3O2S/c1-12-8-9-15(24-12)10-21-22-11-20-18-17(19(22)23)16(13(2)25-18)14-6-4-3-5-7-14/h3-11H,1-2H3/b21-10+. The lowest BCUT2D eigenvalue weighted by Gasteiger charge is -2.02. The number of fused-ring (bicyclic) bond motifs is 1. The van der Waals surface area contributed by atoms with E-state index in [1.807, 2.05) is 50.2 Å². The first-order valence-electron chi connectivity index (χ1n) is 7.80. The third-order valence-electron chi connectivity index (χ3n) is 3.90. The average Bonchev–Trinajstić information content (AvgIpc) is 3.18. The summed E-state index contributed by atoms with van der Waals surface area (Å²) in [5.74, 6) is 1.39. The van der Waals surface area contributed by atoms with Crippen molar-refractivity contribution in [3.05, 3.63) is 75.5 Å². The van der Waals surface area contributed by atoms with Gasteiger partial charge in [0.15, 0.2) is 0 Å². The maximum absolute atomic E-state index is 12.9. The topological polar surface area (TPSA) is 60.4 Å². The smallest absolute Gasteiger partial charge is 0.283 e. The molecule has 1 aromatic carbocycles. The van der Waals surface area contributed by atoms with Gasteiger partial charge in [0.2, 0.25) is 0 Å². The Hall–Kier alpha value is -2.99. The van der Waals surface area contributed by atoms with E-state index < -0.39 is 0 Å². The van der Waals surface area contributed by atoms with Gasteiger partial charge in [-0.25, -0.2) is 4.98 Å². The van der Waals surface area contributed by atoms with Crippen LogP contribution < -0.4 is 5.56 Å². The summed E-state index contributed by atoms with van der Waals surface area (Å²) in [6.45, 7) is 3.87. The fourth-order valence-electron chi connectivity index (χ4n) is 2.77. The predicted octanol–water partition coefficient (Wildman–Crippen LogP) is 4.22. The van der Waals surface area contributed by atoms with Gasteiger partial charge in [-0.05, 0) is 31.5 Å². The summed E-state index contributed by atoms with van der Waals surface area (Å²) in [7, 11) is 0. The number of thiophene rings is 1. The Kier molecular flexibility index (Phi) is 3.82. The summed E-state index contributed by atoms with van der Waals surface area (Å²) in [5, 5.41) is 4.81. The molecule has 0 fully saturated rings. The van der Waals surface area contributed by atoms with Crippen LogP contribution >= 0.6 is 11.3 Å². The number of aryl methyl sites for hydroxylation is 2. The second-order valence-electron chi connectivity index (χ2n) is 5.67. The number of rotatable bonds is 3. The Morgan fingerprint density at radius 3 is 2.68 bits per heavy atom. The zero-order valence-corrected chi connectivity index (χ0v) is 14.6. The van der Waals surface area contributed by atoms with Crippen molar-refractivity contribution >= 4 is 27.8 Å². The van der Waals surface area contributed by atoms with Gasteiger partial charge >= 0.3 is 0 Å². The lowest BCUT2D eigenvalue weighted by Crippen LogP contribution is -2.16. The van der Waals surface area contributed by atoms with Gasteiger partial charge in [-0.2, -0.15) is 9.78 Å². The zero-order valence-electron chi connectivity index (χ0n) is 13.8. The highest BCUT2D eigenvalue weighted by Crippen LogP contribution is 2.35. The van der Waals surface area contributed by atoms with Crippen LogP contribution in [0.15, 0.2) is 63.1 Å². The van der Waals surface area contributed by atoms with E-state index in [1.165, 1.54) is 28.6 Å². The largest absolute Gasteiger partial charge is 0.460 e. The third-order valence-corrected chi connectivity index (χ3v) is 4.92. The summed E-state index contributed by atoms with van der Waals surface area (Å²) in [4.78, 5) is 19.1. The molecule has 0 atom stereocenters. The molecular weight excluding hydrogens is 334 g/mol. The van der Waals surface area contributed by atoms with Gasteiger partial charge in [0.25, 0.3) is 5.56 Å². The molecule has 4 rings (SSSR count). The van der Waals surface area contributed by atoms with Crippen molar-refractivity contribution in [2.75, 3.05) is 0 Å². The minimum atomic E-state index is -0.187. The van der Waals surface area contributed by atoms with Gasteiger partial charge in [0, 0.05) is 10.4 Å². The Labute approximate surface area is 147 Å². The van der Waals surface area contributed by atoms with E-state index in [0.717, 1.165) is 26.6 Å². The van der Waals surface area contributed by atoms with E-state index in [1.54, 1.807) is 6.07 Å².